The molecule has 33 heavy (non-hydrogen) atoms. The minimum atomic E-state index is -3.71. The van der Waals surface area contributed by atoms with Gasteiger partial charge in [0.1, 0.15) is 28.6 Å². The topological polar surface area (TPSA) is 130 Å². The molecule has 0 spiro atoms. The van der Waals surface area contributed by atoms with E-state index >= 15 is 0 Å². The van der Waals surface area contributed by atoms with Crippen molar-refractivity contribution in [3.05, 3.63) is 40.9 Å². The second-order valence-electron chi connectivity index (χ2n) is 8.24. The van der Waals surface area contributed by atoms with Gasteiger partial charge in [0, 0.05) is 11.8 Å². The molecule has 0 aliphatic heterocycles. The first-order valence-corrected chi connectivity index (χ1v) is 12.6. The van der Waals surface area contributed by atoms with Crippen molar-refractivity contribution in [2.75, 3.05) is 11.1 Å². The van der Waals surface area contributed by atoms with E-state index in [4.69, 9.17) is 21.4 Å². The van der Waals surface area contributed by atoms with Gasteiger partial charge in [-0.15, -0.1) is 0 Å². The van der Waals surface area contributed by atoms with Crippen LogP contribution < -0.4 is 10.1 Å². The Labute approximate surface area is 197 Å². The highest BCUT2D eigenvalue weighted by Crippen LogP contribution is 2.38. The summed E-state index contributed by atoms with van der Waals surface area (Å²) in [5, 5.41) is 21.5. The summed E-state index contributed by atoms with van der Waals surface area (Å²) in [5.41, 5.74) is 0.838. The Hall–Kier alpha value is -2.78. The number of aryl methyl sites for hydroxylation is 1. The van der Waals surface area contributed by atoms with Gasteiger partial charge in [0.25, 0.3) is 0 Å². The average Bonchev–Trinajstić information content (AvgIpc) is 2.71. The number of phenols is 1. The van der Waals surface area contributed by atoms with Gasteiger partial charge >= 0.3 is 5.97 Å². The molecule has 2 aromatic rings. The highest BCUT2D eigenvalue weighted by Gasteiger charge is 2.26. The Morgan fingerprint density at radius 1 is 1.15 bits per heavy atom. The fourth-order valence-corrected chi connectivity index (χ4v) is 6.07. The molecular formula is C23H26ClNO7S. The molecule has 0 saturated heterocycles. The van der Waals surface area contributed by atoms with Crippen molar-refractivity contribution in [2.24, 2.45) is 5.92 Å². The lowest BCUT2D eigenvalue weighted by Crippen LogP contribution is -2.19. The standard InChI is InChI=1S/C23H26ClNO7S/c1-14-9-16(25-21(27)12-22(28)29)10-18(24)23(14)32-17-7-8-19(26)20(11-17)33(30,31)13-15-5-3-2-4-6-15/h7-11,15,26H,2-6,12-13H2,1H3,(H,25,27)(H,28,29). The minimum Gasteiger partial charge on any atom is -0.507 e. The monoisotopic (exact) mass is 495 g/mol. The van der Waals surface area contributed by atoms with Crippen LogP contribution in [0.2, 0.25) is 5.02 Å². The number of rotatable bonds is 8. The van der Waals surface area contributed by atoms with Crippen molar-refractivity contribution >= 4 is 39.0 Å². The Bertz CT molecular complexity index is 1130. The number of aromatic hydroxyl groups is 1. The van der Waals surface area contributed by atoms with Gasteiger partial charge in [0.2, 0.25) is 5.91 Å². The first-order chi connectivity index (χ1) is 15.5. The Kier molecular flexibility index (Phi) is 7.86. The summed E-state index contributed by atoms with van der Waals surface area (Å²) >= 11 is 6.30. The molecule has 8 nitrogen and oxygen atoms in total. The first kappa shape index (κ1) is 24.9. The van der Waals surface area contributed by atoms with Crippen LogP contribution in [-0.4, -0.2) is 36.3 Å². The molecule has 0 atom stereocenters. The van der Waals surface area contributed by atoms with Crippen molar-refractivity contribution < 1.29 is 33.0 Å². The number of carbonyl (C=O) groups is 2. The maximum atomic E-state index is 13.0. The molecule has 1 aliphatic carbocycles. The molecule has 0 radical (unpaired) electrons. The molecule has 1 saturated carbocycles. The van der Waals surface area contributed by atoms with Crippen molar-refractivity contribution in [2.45, 2.75) is 50.3 Å². The zero-order valence-electron chi connectivity index (χ0n) is 18.1. The normalized spacial score (nSPS) is 14.6. The number of hydrogen-bond acceptors (Lipinski definition) is 6. The summed E-state index contributed by atoms with van der Waals surface area (Å²) in [6, 6.07) is 6.96. The van der Waals surface area contributed by atoms with E-state index in [0.29, 0.717) is 11.3 Å². The van der Waals surface area contributed by atoms with Gasteiger partial charge in [0.15, 0.2) is 9.84 Å². The van der Waals surface area contributed by atoms with E-state index in [1.807, 2.05) is 0 Å². The molecule has 0 aromatic heterocycles. The van der Waals surface area contributed by atoms with Crippen LogP contribution in [0.3, 0.4) is 0 Å². The van der Waals surface area contributed by atoms with E-state index in [-0.39, 0.29) is 38.8 Å². The Balaban J connectivity index is 1.81. The SMILES string of the molecule is Cc1cc(NC(=O)CC(=O)O)cc(Cl)c1Oc1ccc(O)c(S(=O)(=O)CC2CCCCC2)c1. The van der Waals surface area contributed by atoms with E-state index in [1.165, 1.54) is 24.3 Å². The van der Waals surface area contributed by atoms with Gasteiger partial charge in [-0.2, -0.15) is 0 Å². The fourth-order valence-electron chi connectivity index (χ4n) is 3.95. The van der Waals surface area contributed by atoms with E-state index in [0.717, 1.165) is 32.1 Å². The highest BCUT2D eigenvalue weighted by molar-refractivity contribution is 7.91. The third kappa shape index (κ3) is 6.61. The number of carboxylic acid groups (broad SMARTS) is 1. The van der Waals surface area contributed by atoms with E-state index in [9.17, 15) is 23.1 Å². The third-order valence-electron chi connectivity index (χ3n) is 5.49. The quantitative estimate of drug-likeness (QED) is 0.443. The van der Waals surface area contributed by atoms with Crippen LogP contribution in [0.5, 0.6) is 17.2 Å². The number of sulfone groups is 1. The number of hydrogen-bond donors (Lipinski definition) is 3. The van der Waals surface area contributed by atoms with Crippen LogP contribution in [0.25, 0.3) is 0 Å². The second kappa shape index (κ2) is 10.4. The molecule has 0 heterocycles. The van der Waals surface area contributed by atoms with Crippen LogP contribution in [-0.2, 0) is 19.4 Å². The number of ether oxygens (including phenoxy) is 1. The first-order valence-electron chi connectivity index (χ1n) is 10.6. The molecule has 0 bridgehead atoms. The fraction of sp³-hybridized carbons (Fsp3) is 0.391. The molecular weight excluding hydrogens is 470 g/mol. The number of benzene rings is 2. The lowest BCUT2D eigenvalue weighted by Gasteiger charge is -2.21. The van der Waals surface area contributed by atoms with Crippen LogP contribution in [0.1, 0.15) is 44.1 Å². The smallest absolute Gasteiger partial charge is 0.312 e. The molecule has 1 amide bonds. The summed E-state index contributed by atoms with van der Waals surface area (Å²) in [7, 11) is -3.71. The molecule has 10 heteroatoms. The number of phenolic OH excluding ortho intramolecular Hbond substituents is 1. The zero-order valence-corrected chi connectivity index (χ0v) is 19.7. The van der Waals surface area contributed by atoms with Gasteiger partial charge in [-0.1, -0.05) is 30.9 Å². The molecule has 0 unspecified atom stereocenters. The molecule has 178 valence electrons. The van der Waals surface area contributed by atoms with Gasteiger partial charge in [0.05, 0.1) is 10.8 Å². The maximum Gasteiger partial charge on any atom is 0.312 e. The number of halogens is 1. The van der Waals surface area contributed by atoms with Gasteiger partial charge < -0.3 is 20.3 Å². The highest BCUT2D eigenvalue weighted by atomic mass is 35.5. The minimum absolute atomic E-state index is 0.0193. The van der Waals surface area contributed by atoms with Crippen molar-refractivity contribution in [1.29, 1.82) is 0 Å². The number of carbonyl (C=O) groups excluding carboxylic acids is 1. The molecule has 2 aromatic carbocycles. The number of nitrogens with one attached hydrogen (secondary N) is 1. The molecule has 1 aliphatic rings. The summed E-state index contributed by atoms with van der Waals surface area (Å²) in [6.07, 6.45) is 4.19. The maximum absolute atomic E-state index is 13.0. The van der Waals surface area contributed by atoms with E-state index in [1.54, 1.807) is 13.0 Å². The molecule has 3 N–H and O–H groups in total. The summed E-state index contributed by atoms with van der Waals surface area (Å²) in [6.45, 7) is 1.68. The zero-order chi connectivity index (χ0) is 24.2. The predicted molar refractivity (Wildman–Crippen MR) is 124 cm³/mol. The summed E-state index contributed by atoms with van der Waals surface area (Å²) in [4.78, 5) is 22.2. The van der Waals surface area contributed by atoms with Crippen molar-refractivity contribution in [3.8, 4) is 17.2 Å². The second-order valence-corrected chi connectivity index (χ2v) is 10.6. The van der Waals surface area contributed by atoms with E-state index in [2.05, 4.69) is 5.32 Å². The van der Waals surface area contributed by atoms with Gasteiger partial charge in [-0.3, -0.25) is 9.59 Å². The summed E-state index contributed by atoms with van der Waals surface area (Å²) in [5.74, 6) is -1.80. The Morgan fingerprint density at radius 2 is 1.85 bits per heavy atom. The Morgan fingerprint density at radius 3 is 2.48 bits per heavy atom. The number of carboxylic acids is 1. The van der Waals surface area contributed by atoms with Gasteiger partial charge in [-0.05, 0) is 55.5 Å². The summed E-state index contributed by atoms with van der Waals surface area (Å²) < 4.78 is 31.8. The third-order valence-corrected chi connectivity index (χ3v) is 7.68. The van der Waals surface area contributed by atoms with Crippen molar-refractivity contribution in [3.63, 3.8) is 0 Å². The number of amides is 1. The van der Waals surface area contributed by atoms with Crippen LogP contribution in [0.4, 0.5) is 5.69 Å². The van der Waals surface area contributed by atoms with Crippen LogP contribution in [0, 0.1) is 12.8 Å². The van der Waals surface area contributed by atoms with Gasteiger partial charge in [-0.25, -0.2) is 8.42 Å². The molecule has 3 rings (SSSR count). The largest absolute Gasteiger partial charge is 0.507 e. The number of aliphatic carboxylic acids is 1. The molecule has 1 fully saturated rings. The lowest BCUT2D eigenvalue weighted by molar-refractivity contribution is -0.139. The number of anilines is 1. The average molecular weight is 496 g/mol. The van der Waals surface area contributed by atoms with Crippen LogP contribution in [0.15, 0.2) is 35.2 Å². The lowest BCUT2D eigenvalue weighted by atomic mass is 9.91. The van der Waals surface area contributed by atoms with E-state index < -0.39 is 28.1 Å². The van der Waals surface area contributed by atoms with Crippen molar-refractivity contribution in [1.82, 2.24) is 0 Å². The van der Waals surface area contributed by atoms with Crippen LogP contribution >= 0.6 is 11.6 Å². The predicted octanol–water partition coefficient (Wildman–Crippen LogP) is 4.91.